The van der Waals surface area contributed by atoms with E-state index in [1.54, 1.807) is 0 Å². The topological polar surface area (TPSA) is 65.1 Å². The summed E-state index contributed by atoms with van der Waals surface area (Å²) in [4.78, 5) is 15.2. The van der Waals surface area contributed by atoms with E-state index in [9.17, 15) is 9.90 Å². The van der Waals surface area contributed by atoms with Gasteiger partial charge in [0.05, 0.1) is 12.5 Å². The van der Waals surface area contributed by atoms with Crippen LogP contribution in [0.25, 0.3) is 10.9 Å². The van der Waals surface area contributed by atoms with E-state index in [1.165, 1.54) is 5.56 Å². The molecule has 0 fully saturated rings. The van der Waals surface area contributed by atoms with Crippen LogP contribution in [0.1, 0.15) is 31.4 Å². The molecule has 0 radical (unpaired) electrons. The van der Waals surface area contributed by atoms with E-state index in [2.05, 4.69) is 10.3 Å². The van der Waals surface area contributed by atoms with Gasteiger partial charge in [-0.3, -0.25) is 4.79 Å². The Labute approximate surface area is 125 Å². The van der Waals surface area contributed by atoms with Crippen molar-refractivity contribution < 1.29 is 9.90 Å². The molecule has 21 heavy (non-hydrogen) atoms. The van der Waals surface area contributed by atoms with E-state index in [-0.39, 0.29) is 11.8 Å². The standard InChI is InChI=1S/C17H24N2O2/c1-4-11(2)15(20)10-18-16(21)8-13-9-19-17-12(3)6-5-7-14(13)17/h5-7,9,11,15,19-20H,4,8,10H2,1-3H3,(H,18,21). The number of aryl methyl sites for hydroxylation is 1. The smallest absolute Gasteiger partial charge is 0.224 e. The highest BCUT2D eigenvalue weighted by atomic mass is 16.3. The number of carbonyl (C=O) groups is 1. The minimum absolute atomic E-state index is 0.0558. The Kier molecular flexibility index (Phi) is 5.02. The van der Waals surface area contributed by atoms with Gasteiger partial charge in [0.15, 0.2) is 0 Å². The van der Waals surface area contributed by atoms with Crippen LogP contribution in [-0.2, 0) is 11.2 Å². The van der Waals surface area contributed by atoms with Gasteiger partial charge in [0.25, 0.3) is 0 Å². The highest BCUT2D eigenvalue weighted by molar-refractivity contribution is 5.90. The monoisotopic (exact) mass is 288 g/mol. The lowest BCUT2D eigenvalue weighted by Crippen LogP contribution is -2.36. The third-order valence-corrected chi connectivity index (χ3v) is 4.17. The number of nitrogens with one attached hydrogen (secondary N) is 2. The molecule has 4 heteroatoms. The summed E-state index contributed by atoms with van der Waals surface area (Å²) in [6, 6.07) is 6.07. The van der Waals surface area contributed by atoms with Gasteiger partial charge in [0.1, 0.15) is 0 Å². The summed E-state index contributed by atoms with van der Waals surface area (Å²) in [6.45, 7) is 6.38. The van der Waals surface area contributed by atoms with Crippen molar-refractivity contribution >= 4 is 16.8 Å². The van der Waals surface area contributed by atoms with Gasteiger partial charge in [0, 0.05) is 23.6 Å². The molecule has 1 aromatic heterocycles. The second kappa shape index (κ2) is 6.76. The Balaban J connectivity index is 1.97. The molecule has 0 saturated heterocycles. The second-order valence-corrected chi connectivity index (χ2v) is 5.75. The molecule has 0 spiro atoms. The van der Waals surface area contributed by atoms with E-state index < -0.39 is 6.10 Å². The van der Waals surface area contributed by atoms with Gasteiger partial charge in [-0.15, -0.1) is 0 Å². The third kappa shape index (κ3) is 3.64. The first-order chi connectivity index (χ1) is 10.0. The van der Waals surface area contributed by atoms with Crippen molar-refractivity contribution in [2.75, 3.05) is 6.54 Å². The molecule has 1 aromatic carbocycles. The van der Waals surface area contributed by atoms with Gasteiger partial charge in [-0.25, -0.2) is 0 Å². The van der Waals surface area contributed by atoms with Crippen LogP contribution in [0.2, 0.25) is 0 Å². The second-order valence-electron chi connectivity index (χ2n) is 5.75. The molecular formula is C17H24N2O2. The van der Waals surface area contributed by atoms with Crippen LogP contribution in [0.5, 0.6) is 0 Å². The van der Waals surface area contributed by atoms with Crippen LogP contribution in [0.4, 0.5) is 0 Å². The van der Waals surface area contributed by atoms with Gasteiger partial charge in [-0.2, -0.15) is 0 Å². The highest BCUT2D eigenvalue weighted by Gasteiger charge is 2.14. The summed E-state index contributed by atoms with van der Waals surface area (Å²) in [5, 5.41) is 13.8. The molecule has 0 bridgehead atoms. The predicted octanol–water partition coefficient (Wildman–Crippen LogP) is 2.54. The lowest BCUT2D eigenvalue weighted by atomic mass is 10.0. The maximum absolute atomic E-state index is 12.0. The maximum Gasteiger partial charge on any atom is 0.224 e. The number of hydrogen-bond donors (Lipinski definition) is 3. The maximum atomic E-state index is 12.0. The number of aromatic amines is 1. The average Bonchev–Trinajstić information content (AvgIpc) is 2.88. The predicted molar refractivity (Wildman–Crippen MR) is 85.2 cm³/mol. The van der Waals surface area contributed by atoms with Crippen molar-refractivity contribution in [2.24, 2.45) is 5.92 Å². The fourth-order valence-corrected chi connectivity index (χ4v) is 2.44. The number of rotatable bonds is 6. The first kappa shape index (κ1) is 15.6. The molecule has 1 heterocycles. The van der Waals surface area contributed by atoms with Gasteiger partial charge in [-0.1, -0.05) is 38.5 Å². The summed E-state index contributed by atoms with van der Waals surface area (Å²) in [5.41, 5.74) is 3.25. The van der Waals surface area contributed by atoms with Crippen LogP contribution >= 0.6 is 0 Å². The van der Waals surface area contributed by atoms with E-state index in [0.29, 0.717) is 13.0 Å². The van der Waals surface area contributed by atoms with Gasteiger partial charge >= 0.3 is 0 Å². The molecule has 0 aliphatic carbocycles. The Morgan fingerprint density at radius 1 is 1.43 bits per heavy atom. The fraction of sp³-hybridized carbons (Fsp3) is 0.471. The SMILES string of the molecule is CCC(C)C(O)CNC(=O)Cc1c[nH]c2c(C)cccc12. The van der Waals surface area contributed by atoms with E-state index in [1.807, 2.05) is 45.2 Å². The Hall–Kier alpha value is -1.81. The summed E-state index contributed by atoms with van der Waals surface area (Å²) in [6.07, 6.45) is 2.64. The van der Waals surface area contributed by atoms with Crippen molar-refractivity contribution in [3.05, 3.63) is 35.5 Å². The molecule has 4 nitrogen and oxygen atoms in total. The Bertz CT molecular complexity index is 618. The first-order valence-corrected chi connectivity index (χ1v) is 7.53. The summed E-state index contributed by atoms with van der Waals surface area (Å²) < 4.78 is 0. The van der Waals surface area contributed by atoms with Crippen LogP contribution in [0.15, 0.2) is 24.4 Å². The number of carbonyl (C=O) groups excluding carboxylic acids is 1. The number of fused-ring (bicyclic) bond motifs is 1. The van der Waals surface area contributed by atoms with Crippen molar-refractivity contribution in [3.8, 4) is 0 Å². The third-order valence-electron chi connectivity index (χ3n) is 4.17. The quantitative estimate of drug-likeness (QED) is 0.765. The first-order valence-electron chi connectivity index (χ1n) is 7.53. The van der Waals surface area contributed by atoms with Crippen molar-refractivity contribution in [1.29, 1.82) is 0 Å². The largest absolute Gasteiger partial charge is 0.391 e. The molecule has 0 saturated carbocycles. The molecule has 2 aromatic rings. The minimum Gasteiger partial charge on any atom is -0.391 e. The van der Waals surface area contributed by atoms with Gasteiger partial charge < -0.3 is 15.4 Å². The molecule has 1 amide bonds. The van der Waals surface area contributed by atoms with Gasteiger partial charge in [0.2, 0.25) is 5.91 Å². The number of aliphatic hydroxyl groups excluding tert-OH is 1. The summed E-state index contributed by atoms with van der Waals surface area (Å²) >= 11 is 0. The average molecular weight is 288 g/mol. The lowest BCUT2D eigenvalue weighted by Gasteiger charge is -2.17. The molecule has 0 aliphatic heterocycles. The number of amides is 1. The molecule has 3 N–H and O–H groups in total. The minimum atomic E-state index is -0.482. The van der Waals surface area contributed by atoms with Crippen molar-refractivity contribution in [3.63, 3.8) is 0 Å². The molecular weight excluding hydrogens is 264 g/mol. The highest BCUT2D eigenvalue weighted by Crippen LogP contribution is 2.21. The van der Waals surface area contributed by atoms with E-state index >= 15 is 0 Å². The molecule has 114 valence electrons. The molecule has 2 unspecified atom stereocenters. The molecule has 2 rings (SSSR count). The number of benzene rings is 1. The van der Waals surface area contributed by atoms with Crippen molar-refractivity contribution in [2.45, 2.75) is 39.7 Å². The summed E-state index contributed by atoms with van der Waals surface area (Å²) in [7, 11) is 0. The number of aromatic nitrogens is 1. The zero-order chi connectivity index (χ0) is 15.4. The van der Waals surface area contributed by atoms with Crippen LogP contribution in [-0.4, -0.2) is 28.6 Å². The Morgan fingerprint density at radius 2 is 2.19 bits per heavy atom. The lowest BCUT2D eigenvalue weighted by molar-refractivity contribution is -0.121. The number of hydrogen-bond acceptors (Lipinski definition) is 2. The fourth-order valence-electron chi connectivity index (χ4n) is 2.44. The Morgan fingerprint density at radius 3 is 2.90 bits per heavy atom. The zero-order valence-electron chi connectivity index (χ0n) is 12.9. The van der Waals surface area contributed by atoms with Crippen LogP contribution in [0, 0.1) is 12.8 Å². The van der Waals surface area contributed by atoms with E-state index in [4.69, 9.17) is 0 Å². The molecule has 0 aliphatic rings. The number of H-pyrrole nitrogens is 1. The number of para-hydroxylation sites is 1. The summed E-state index contributed by atoms with van der Waals surface area (Å²) in [5.74, 6) is 0.140. The molecule has 2 atom stereocenters. The van der Waals surface area contributed by atoms with Crippen LogP contribution in [0.3, 0.4) is 0 Å². The van der Waals surface area contributed by atoms with E-state index in [0.717, 1.165) is 22.9 Å². The number of aliphatic hydroxyl groups is 1. The van der Waals surface area contributed by atoms with Crippen molar-refractivity contribution in [1.82, 2.24) is 10.3 Å². The normalized spacial score (nSPS) is 14.1. The zero-order valence-corrected chi connectivity index (χ0v) is 12.9. The van der Waals surface area contributed by atoms with Gasteiger partial charge in [-0.05, 0) is 24.0 Å². The van der Waals surface area contributed by atoms with Crippen LogP contribution < -0.4 is 5.32 Å².